The van der Waals surface area contributed by atoms with Gasteiger partial charge in [-0.25, -0.2) is 0 Å². The summed E-state index contributed by atoms with van der Waals surface area (Å²) in [6.45, 7) is 6.90. The first-order valence-electron chi connectivity index (χ1n) is 6.62. The number of amidine groups is 1. The number of amides is 1. The number of rotatable bonds is 4. The Hall–Kier alpha value is -1.29. The maximum absolute atomic E-state index is 11.9. The van der Waals surface area contributed by atoms with Gasteiger partial charge in [-0.05, 0) is 24.8 Å². The second kappa shape index (κ2) is 5.78. The fourth-order valence-electron chi connectivity index (χ4n) is 1.87. The van der Waals surface area contributed by atoms with Crippen LogP contribution < -0.4 is 5.32 Å². The number of nitrogens with zero attached hydrogens (tertiary/aromatic N) is 1. The monoisotopic (exact) mass is 276 g/mol. The zero-order valence-electron chi connectivity index (χ0n) is 11.6. The molecule has 0 spiro atoms. The van der Waals surface area contributed by atoms with Gasteiger partial charge in [-0.15, -0.1) is 0 Å². The normalized spacial score (nSPS) is 22.7. The third kappa shape index (κ3) is 3.18. The van der Waals surface area contributed by atoms with E-state index in [9.17, 15) is 4.79 Å². The van der Waals surface area contributed by atoms with Gasteiger partial charge in [0.1, 0.15) is 4.75 Å². The predicted octanol–water partition coefficient (Wildman–Crippen LogP) is 2.86. The molecule has 1 aromatic carbocycles. The van der Waals surface area contributed by atoms with Gasteiger partial charge in [0.2, 0.25) is 0 Å². The van der Waals surface area contributed by atoms with E-state index in [2.05, 4.69) is 36.3 Å². The first-order valence-corrected chi connectivity index (χ1v) is 7.44. The minimum Gasteiger partial charge on any atom is -0.364 e. The lowest BCUT2D eigenvalue weighted by molar-refractivity contribution is -0.120. The van der Waals surface area contributed by atoms with Gasteiger partial charge in [-0.3, -0.25) is 4.79 Å². The Morgan fingerprint density at radius 3 is 2.58 bits per heavy atom. The molecule has 0 fully saturated rings. The van der Waals surface area contributed by atoms with E-state index < -0.39 is 4.75 Å². The molecule has 0 radical (unpaired) electrons. The number of thioether (sulfide) groups is 1. The number of benzene rings is 1. The molecule has 2 rings (SSSR count). The Morgan fingerprint density at radius 1 is 1.32 bits per heavy atom. The van der Waals surface area contributed by atoms with Gasteiger partial charge >= 0.3 is 0 Å². The molecule has 1 aliphatic heterocycles. The van der Waals surface area contributed by atoms with Crippen molar-refractivity contribution in [2.75, 3.05) is 6.54 Å². The summed E-state index contributed by atoms with van der Waals surface area (Å²) in [6, 6.07) is 10.3. The molecule has 0 aliphatic carbocycles. The van der Waals surface area contributed by atoms with Crippen LogP contribution >= 0.6 is 11.8 Å². The summed E-state index contributed by atoms with van der Waals surface area (Å²) < 4.78 is -0.408. The number of carbonyl (C=O) groups excluding carboxylic acids is 1. The number of hydrogen-bond acceptors (Lipinski definition) is 3. The van der Waals surface area contributed by atoms with Gasteiger partial charge in [0, 0.05) is 6.54 Å². The van der Waals surface area contributed by atoms with Crippen molar-refractivity contribution in [3.63, 3.8) is 0 Å². The Bertz CT molecular complexity index is 484. The van der Waals surface area contributed by atoms with Crippen molar-refractivity contribution < 1.29 is 4.79 Å². The van der Waals surface area contributed by atoms with Gasteiger partial charge in [0.15, 0.2) is 5.17 Å². The minimum absolute atomic E-state index is 0.0188. The van der Waals surface area contributed by atoms with E-state index in [1.54, 1.807) is 11.8 Å². The zero-order valence-corrected chi connectivity index (χ0v) is 12.5. The van der Waals surface area contributed by atoms with Crippen LogP contribution in [0.1, 0.15) is 26.3 Å². The van der Waals surface area contributed by atoms with Crippen LogP contribution in [0.25, 0.3) is 0 Å². The molecule has 1 heterocycles. The molecule has 102 valence electrons. The maximum Gasteiger partial charge on any atom is 0.264 e. The van der Waals surface area contributed by atoms with Crippen molar-refractivity contribution in [1.29, 1.82) is 0 Å². The molecule has 0 saturated carbocycles. The van der Waals surface area contributed by atoms with Gasteiger partial charge in [-0.2, -0.15) is 4.99 Å². The van der Waals surface area contributed by atoms with Gasteiger partial charge in [0.05, 0.1) is 0 Å². The standard InChI is InChI=1S/C15H20N2OS/c1-11(2)15(3)13(18)17-14(19-15)16-10-9-12-7-5-4-6-8-12/h4-8,11H,9-10H2,1-3H3,(H,16,17,18)/t15-/m1/s1. The van der Waals surface area contributed by atoms with Gasteiger partial charge in [0.25, 0.3) is 5.91 Å². The molecule has 1 atom stereocenters. The van der Waals surface area contributed by atoms with Crippen LogP contribution in [-0.2, 0) is 11.2 Å². The number of hydrogen-bond donors (Lipinski definition) is 1. The van der Waals surface area contributed by atoms with Crippen LogP contribution in [0.5, 0.6) is 0 Å². The third-order valence-corrected chi connectivity index (χ3v) is 5.07. The van der Waals surface area contributed by atoms with Crippen molar-refractivity contribution in [2.24, 2.45) is 10.9 Å². The van der Waals surface area contributed by atoms with Crippen molar-refractivity contribution >= 4 is 22.8 Å². The summed E-state index contributed by atoms with van der Waals surface area (Å²) in [6.07, 6.45) is 0.938. The van der Waals surface area contributed by atoms with E-state index >= 15 is 0 Å². The van der Waals surface area contributed by atoms with Crippen LogP contribution in [0.2, 0.25) is 0 Å². The largest absolute Gasteiger partial charge is 0.364 e. The number of aliphatic imine (C=N–C) groups is 1. The molecule has 1 aliphatic rings. The van der Waals surface area contributed by atoms with E-state index in [0.717, 1.165) is 18.1 Å². The lowest BCUT2D eigenvalue weighted by atomic mass is 9.96. The van der Waals surface area contributed by atoms with Crippen molar-refractivity contribution in [1.82, 2.24) is 5.32 Å². The molecule has 0 bridgehead atoms. The van der Waals surface area contributed by atoms with E-state index in [4.69, 9.17) is 0 Å². The lowest BCUT2D eigenvalue weighted by Gasteiger charge is -2.24. The summed E-state index contributed by atoms with van der Waals surface area (Å²) in [5.74, 6) is 0.261. The molecule has 1 aromatic rings. The molecule has 0 unspecified atom stereocenters. The van der Waals surface area contributed by atoms with Crippen LogP contribution in [-0.4, -0.2) is 22.4 Å². The Labute approximate surface area is 118 Å². The fraction of sp³-hybridized carbons (Fsp3) is 0.467. The highest BCUT2D eigenvalue weighted by Crippen LogP contribution is 2.39. The molecular weight excluding hydrogens is 256 g/mol. The first kappa shape index (κ1) is 14.1. The van der Waals surface area contributed by atoms with Gasteiger partial charge in [-0.1, -0.05) is 55.9 Å². The second-order valence-electron chi connectivity index (χ2n) is 5.25. The average molecular weight is 276 g/mol. The fourth-order valence-corrected chi connectivity index (χ4v) is 2.94. The Morgan fingerprint density at radius 2 is 2.00 bits per heavy atom. The number of carbonyl (C=O) groups is 1. The van der Waals surface area contributed by atoms with Crippen molar-refractivity contribution in [2.45, 2.75) is 31.9 Å². The second-order valence-corrected chi connectivity index (χ2v) is 6.69. The van der Waals surface area contributed by atoms with Crippen LogP contribution in [0, 0.1) is 5.92 Å². The van der Waals surface area contributed by atoms with E-state index in [1.807, 2.05) is 25.1 Å². The highest BCUT2D eigenvalue weighted by molar-refractivity contribution is 8.16. The molecule has 0 saturated heterocycles. The molecule has 0 aromatic heterocycles. The predicted molar refractivity (Wildman–Crippen MR) is 81.4 cm³/mol. The Kier molecular flexibility index (Phi) is 4.30. The smallest absolute Gasteiger partial charge is 0.264 e. The van der Waals surface area contributed by atoms with E-state index in [-0.39, 0.29) is 11.8 Å². The highest BCUT2D eigenvalue weighted by Gasteiger charge is 2.43. The third-order valence-electron chi connectivity index (χ3n) is 3.57. The maximum atomic E-state index is 11.9. The highest BCUT2D eigenvalue weighted by atomic mass is 32.2. The molecule has 4 heteroatoms. The van der Waals surface area contributed by atoms with Crippen LogP contribution in [0.3, 0.4) is 0 Å². The average Bonchev–Trinajstić information content (AvgIpc) is 2.67. The topological polar surface area (TPSA) is 41.5 Å². The summed E-state index contributed by atoms with van der Waals surface area (Å²) in [5.41, 5.74) is 1.29. The van der Waals surface area contributed by atoms with Crippen molar-refractivity contribution in [3.05, 3.63) is 35.9 Å². The number of nitrogens with one attached hydrogen (secondary N) is 1. The van der Waals surface area contributed by atoms with Crippen molar-refractivity contribution in [3.8, 4) is 0 Å². The quantitative estimate of drug-likeness (QED) is 0.919. The minimum atomic E-state index is -0.408. The molecule has 3 nitrogen and oxygen atoms in total. The first-order chi connectivity index (χ1) is 9.02. The van der Waals surface area contributed by atoms with E-state index in [1.165, 1.54) is 5.56 Å². The molecule has 1 amide bonds. The summed E-state index contributed by atoms with van der Waals surface area (Å²) in [7, 11) is 0. The van der Waals surface area contributed by atoms with Crippen LogP contribution in [0.15, 0.2) is 35.3 Å². The summed E-state index contributed by atoms with van der Waals surface area (Å²) in [4.78, 5) is 16.1. The summed E-state index contributed by atoms with van der Waals surface area (Å²) >= 11 is 1.55. The molecular formula is C15H20N2OS. The van der Waals surface area contributed by atoms with Crippen LogP contribution in [0.4, 0.5) is 0 Å². The summed E-state index contributed by atoms with van der Waals surface area (Å²) in [5, 5.41) is 4.02. The zero-order chi connectivity index (χ0) is 13.9. The SMILES string of the molecule is CC(C)[C@@]1(C)SC(NCCc2ccccc2)=NC1=O. The Balaban J connectivity index is 1.86. The molecule has 19 heavy (non-hydrogen) atoms. The lowest BCUT2D eigenvalue weighted by Crippen LogP contribution is -2.34. The van der Waals surface area contributed by atoms with E-state index in [0.29, 0.717) is 0 Å². The molecule has 1 N–H and O–H groups in total. The van der Waals surface area contributed by atoms with Gasteiger partial charge < -0.3 is 5.32 Å².